The van der Waals surface area contributed by atoms with E-state index in [9.17, 15) is 18.0 Å². The van der Waals surface area contributed by atoms with Gasteiger partial charge in [0.05, 0.1) is 17.6 Å². The molecular formula is C22H28N4O5S. The summed E-state index contributed by atoms with van der Waals surface area (Å²) in [7, 11) is 1.15. The molecule has 0 saturated carbocycles. The summed E-state index contributed by atoms with van der Waals surface area (Å²) in [5, 5.41) is 2.91. The highest BCUT2D eigenvalue weighted by atomic mass is 32.2. The van der Waals surface area contributed by atoms with Crippen LogP contribution in [-0.4, -0.2) is 63.9 Å². The van der Waals surface area contributed by atoms with Gasteiger partial charge in [-0.3, -0.25) is 4.79 Å². The van der Waals surface area contributed by atoms with E-state index in [-0.39, 0.29) is 35.4 Å². The predicted molar refractivity (Wildman–Crippen MR) is 120 cm³/mol. The summed E-state index contributed by atoms with van der Waals surface area (Å²) in [5.41, 5.74) is 0.896. The van der Waals surface area contributed by atoms with E-state index < -0.39 is 16.0 Å². The number of nitrogens with zero attached hydrogens (tertiary/aromatic N) is 3. The molecule has 32 heavy (non-hydrogen) atoms. The third-order valence-corrected chi connectivity index (χ3v) is 7.43. The van der Waals surface area contributed by atoms with Crippen molar-refractivity contribution < 1.29 is 22.7 Å². The lowest BCUT2D eigenvalue weighted by Gasteiger charge is -2.31. The van der Waals surface area contributed by atoms with Crippen LogP contribution in [0.5, 0.6) is 0 Å². The number of carbonyl (C=O) groups excluding carboxylic acids is 2. The molecule has 1 amide bonds. The quantitative estimate of drug-likeness (QED) is 0.626. The molecule has 1 aliphatic rings. The molecule has 0 atom stereocenters. The number of rotatable bonds is 7. The Bertz CT molecular complexity index is 1060. The molecule has 1 aliphatic heterocycles. The van der Waals surface area contributed by atoms with Gasteiger partial charge < -0.3 is 15.0 Å². The Hall–Kier alpha value is -2.98. The zero-order valence-corrected chi connectivity index (χ0v) is 19.3. The van der Waals surface area contributed by atoms with Gasteiger partial charge in [0.25, 0.3) is 0 Å². The molecule has 172 valence electrons. The molecule has 2 aromatic rings. The van der Waals surface area contributed by atoms with E-state index >= 15 is 0 Å². The van der Waals surface area contributed by atoms with Gasteiger partial charge >= 0.3 is 5.97 Å². The second kappa shape index (κ2) is 10.1. The van der Waals surface area contributed by atoms with E-state index in [0.29, 0.717) is 19.4 Å². The molecule has 0 unspecified atom stereocenters. The van der Waals surface area contributed by atoms with Gasteiger partial charge in [0.2, 0.25) is 15.9 Å². The zero-order chi connectivity index (χ0) is 23.3. The molecule has 2 heterocycles. The monoisotopic (exact) mass is 460 g/mol. The fourth-order valence-corrected chi connectivity index (χ4v) is 5.24. The lowest BCUT2D eigenvalue weighted by Crippen LogP contribution is -2.43. The van der Waals surface area contributed by atoms with Gasteiger partial charge in [-0.25, -0.2) is 18.2 Å². The van der Waals surface area contributed by atoms with Crippen molar-refractivity contribution in [3.63, 3.8) is 0 Å². The predicted octanol–water partition coefficient (Wildman–Crippen LogP) is 1.65. The lowest BCUT2D eigenvalue weighted by molar-refractivity contribution is -0.126. The molecule has 9 nitrogen and oxygen atoms in total. The molecular weight excluding hydrogens is 432 g/mol. The van der Waals surface area contributed by atoms with Crippen LogP contribution < -0.4 is 10.2 Å². The van der Waals surface area contributed by atoms with Crippen LogP contribution in [0.4, 0.5) is 5.82 Å². The van der Waals surface area contributed by atoms with Crippen LogP contribution in [0.1, 0.15) is 28.8 Å². The topological polar surface area (TPSA) is 109 Å². The van der Waals surface area contributed by atoms with Crippen molar-refractivity contribution in [3.05, 3.63) is 53.7 Å². The summed E-state index contributed by atoms with van der Waals surface area (Å²) < 4.78 is 32.2. The number of nitrogens with one attached hydrogen (secondary N) is 1. The number of methoxy groups -OCH3 is 1. The molecule has 1 aromatic carbocycles. The number of benzene rings is 1. The Labute approximate surface area is 188 Å². The van der Waals surface area contributed by atoms with Gasteiger partial charge in [-0.15, -0.1) is 0 Å². The van der Waals surface area contributed by atoms with Crippen LogP contribution in [0, 0.1) is 5.92 Å². The van der Waals surface area contributed by atoms with E-state index in [1.165, 1.54) is 23.5 Å². The molecule has 10 heteroatoms. The van der Waals surface area contributed by atoms with Crippen molar-refractivity contribution in [3.8, 4) is 0 Å². The molecule has 1 N–H and O–H groups in total. The summed E-state index contributed by atoms with van der Waals surface area (Å²) in [5.74, 6) is -0.242. The van der Waals surface area contributed by atoms with E-state index in [0.717, 1.165) is 11.4 Å². The number of anilines is 1. The standard InChI is InChI=1S/C22H28N4O5S/c1-25(2)20-9-8-16(14-23-20)15-24-21(27)17-10-12-26(13-11-17)32(29,30)19-7-5-4-6-18(19)22(28)31-3/h4-9,14,17H,10-13,15H2,1-3H3,(H,24,27). The Kier molecular flexibility index (Phi) is 7.47. The van der Waals surface area contributed by atoms with Gasteiger partial charge in [0.15, 0.2) is 0 Å². The number of esters is 1. The Morgan fingerprint density at radius 2 is 1.84 bits per heavy atom. The minimum absolute atomic E-state index is 0.00348. The molecule has 1 fully saturated rings. The number of sulfonamides is 1. The summed E-state index contributed by atoms with van der Waals surface area (Å²) >= 11 is 0. The third kappa shape index (κ3) is 5.25. The van der Waals surface area contributed by atoms with E-state index in [1.807, 2.05) is 31.1 Å². The SMILES string of the molecule is COC(=O)c1ccccc1S(=O)(=O)N1CCC(C(=O)NCc2ccc(N(C)C)nc2)CC1. The zero-order valence-electron chi connectivity index (χ0n) is 18.4. The summed E-state index contributed by atoms with van der Waals surface area (Å²) in [6.07, 6.45) is 2.54. The van der Waals surface area contributed by atoms with Crippen LogP contribution >= 0.6 is 0 Å². The molecule has 1 aromatic heterocycles. The first-order valence-corrected chi connectivity index (χ1v) is 11.8. The normalized spacial score (nSPS) is 15.2. The van der Waals surface area contributed by atoms with Crippen LogP contribution in [0.3, 0.4) is 0 Å². The molecule has 0 bridgehead atoms. The van der Waals surface area contributed by atoms with Gasteiger partial charge in [-0.05, 0) is 36.6 Å². The Morgan fingerprint density at radius 1 is 1.16 bits per heavy atom. The average Bonchev–Trinajstić information content (AvgIpc) is 2.82. The van der Waals surface area contributed by atoms with Crippen LogP contribution in [-0.2, 0) is 26.1 Å². The second-order valence-corrected chi connectivity index (χ2v) is 9.71. The maximum atomic E-state index is 13.1. The van der Waals surface area contributed by atoms with Gasteiger partial charge in [-0.2, -0.15) is 4.31 Å². The molecule has 0 aliphatic carbocycles. The third-order valence-electron chi connectivity index (χ3n) is 5.47. The number of hydrogen-bond acceptors (Lipinski definition) is 7. The van der Waals surface area contributed by atoms with Crippen molar-refractivity contribution in [1.82, 2.24) is 14.6 Å². The second-order valence-electron chi connectivity index (χ2n) is 7.80. The summed E-state index contributed by atoms with van der Waals surface area (Å²) in [6, 6.07) is 9.78. The lowest BCUT2D eigenvalue weighted by atomic mass is 9.97. The number of amides is 1. The largest absolute Gasteiger partial charge is 0.465 e. The van der Waals surface area contributed by atoms with Crippen LogP contribution in [0.2, 0.25) is 0 Å². The molecule has 0 spiro atoms. The highest BCUT2D eigenvalue weighted by Gasteiger charge is 2.34. The highest BCUT2D eigenvalue weighted by Crippen LogP contribution is 2.26. The first kappa shape index (κ1) is 23.7. The number of carbonyl (C=O) groups is 2. The summed E-state index contributed by atoms with van der Waals surface area (Å²) in [4.78, 5) is 30.7. The number of ether oxygens (including phenoxy) is 1. The maximum Gasteiger partial charge on any atom is 0.339 e. The van der Waals surface area contributed by atoms with Gasteiger partial charge in [-0.1, -0.05) is 18.2 Å². The number of aromatic nitrogens is 1. The average molecular weight is 461 g/mol. The van der Waals surface area contributed by atoms with E-state index in [1.54, 1.807) is 18.3 Å². The van der Waals surface area contributed by atoms with Crippen LogP contribution in [0.15, 0.2) is 47.5 Å². The molecule has 0 radical (unpaired) electrons. The van der Waals surface area contributed by atoms with E-state index in [4.69, 9.17) is 4.74 Å². The van der Waals surface area contributed by atoms with Crippen molar-refractivity contribution in [1.29, 1.82) is 0 Å². The Morgan fingerprint density at radius 3 is 2.44 bits per heavy atom. The number of pyridine rings is 1. The maximum absolute atomic E-state index is 13.1. The first-order chi connectivity index (χ1) is 15.2. The first-order valence-electron chi connectivity index (χ1n) is 10.3. The van der Waals surface area contributed by atoms with Crippen molar-refractivity contribution in [2.75, 3.05) is 39.2 Å². The molecule has 3 rings (SSSR count). The smallest absolute Gasteiger partial charge is 0.339 e. The van der Waals surface area contributed by atoms with Crippen LogP contribution in [0.25, 0.3) is 0 Å². The minimum Gasteiger partial charge on any atom is -0.465 e. The minimum atomic E-state index is -3.87. The summed E-state index contributed by atoms with van der Waals surface area (Å²) in [6.45, 7) is 0.772. The van der Waals surface area contributed by atoms with Crippen molar-refractivity contribution in [2.24, 2.45) is 5.92 Å². The van der Waals surface area contributed by atoms with Gasteiger partial charge in [0.1, 0.15) is 5.82 Å². The van der Waals surface area contributed by atoms with E-state index in [2.05, 4.69) is 10.3 Å². The molecule has 1 saturated heterocycles. The van der Waals surface area contributed by atoms with Crippen molar-refractivity contribution >= 4 is 27.7 Å². The van der Waals surface area contributed by atoms with Gasteiger partial charge in [0, 0.05) is 45.8 Å². The highest BCUT2D eigenvalue weighted by molar-refractivity contribution is 7.89. The fourth-order valence-electron chi connectivity index (χ4n) is 3.59. The number of piperidine rings is 1. The Balaban J connectivity index is 1.58. The fraction of sp³-hybridized carbons (Fsp3) is 0.409. The number of hydrogen-bond donors (Lipinski definition) is 1. The van der Waals surface area contributed by atoms with Crippen molar-refractivity contribution in [2.45, 2.75) is 24.3 Å².